The number of nitrogens with zero attached hydrogens (tertiary/aromatic N) is 1. The second kappa shape index (κ2) is 10.8. The van der Waals surface area contributed by atoms with Gasteiger partial charge in [0.15, 0.2) is 5.96 Å². The molecule has 0 spiro atoms. The fraction of sp³-hybridized carbons (Fsp3) is 0.933. The van der Waals surface area contributed by atoms with Crippen molar-refractivity contribution in [3.05, 3.63) is 0 Å². The molecule has 0 bridgehead atoms. The van der Waals surface area contributed by atoms with E-state index in [0.717, 1.165) is 38.8 Å². The van der Waals surface area contributed by atoms with Crippen LogP contribution in [0.5, 0.6) is 0 Å². The van der Waals surface area contributed by atoms with Crippen molar-refractivity contribution in [3.63, 3.8) is 0 Å². The van der Waals surface area contributed by atoms with E-state index in [9.17, 15) is 8.42 Å². The minimum Gasteiger partial charge on any atom is -0.377 e. The lowest BCUT2D eigenvalue weighted by Gasteiger charge is -2.22. The quantitative estimate of drug-likeness (QED) is 0.421. The molecule has 0 amide bonds. The van der Waals surface area contributed by atoms with Gasteiger partial charge in [-0.05, 0) is 31.6 Å². The molecule has 1 fully saturated rings. The summed E-state index contributed by atoms with van der Waals surface area (Å²) in [4.78, 5) is 4.08. The zero-order valence-electron chi connectivity index (χ0n) is 14.6. The molecule has 1 aliphatic rings. The Bertz CT molecular complexity index is 446. The molecule has 0 aromatic rings. The molecule has 23 heavy (non-hydrogen) atoms. The van der Waals surface area contributed by atoms with E-state index >= 15 is 0 Å². The van der Waals surface area contributed by atoms with E-state index in [4.69, 9.17) is 4.74 Å². The Morgan fingerprint density at radius 2 is 2.00 bits per heavy atom. The number of guanidine groups is 1. The van der Waals surface area contributed by atoms with Gasteiger partial charge in [-0.2, -0.15) is 0 Å². The molecule has 0 saturated carbocycles. The highest BCUT2D eigenvalue weighted by molar-refractivity contribution is 7.89. The molecule has 136 valence electrons. The van der Waals surface area contributed by atoms with Crippen molar-refractivity contribution < 1.29 is 13.2 Å². The first-order chi connectivity index (χ1) is 10.9. The Balaban J connectivity index is 2.20. The standard InChI is InChI=1S/C15H32N4O3S/c1-13(2)7-8-17-15(16-3)18-9-11-23(20,21)19-12-14-6-4-5-10-22-14/h13-14,19H,4-12H2,1-3H3,(H2,16,17,18). The number of ether oxygens (including phenoxy) is 1. The van der Waals surface area contributed by atoms with Gasteiger partial charge in [-0.1, -0.05) is 13.8 Å². The normalized spacial score (nSPS) is 19.8. The molecule has 1 aliphatic heterocycles. The zero-order chi connectivity index (χ0) is 17.1. The molecule has 0 radical (unpaired) electrons. The van der Waals surface area contributed by atoms with Gasteiger partial charge < -0.3 is 15.4 Å². The van der Waals surface area contributed by atoms with Crippen LogP contribution in [0.1, 0.15) is 39.5 Å². The fourth-order valence-electron chi connectivity index (χ4n) is 2.26. The van der Waals surface area contributed by atoms with Crippen molar-refractivity contribution in [2.75, 3.05) is 39.0 Å². The lowest BCUT2D eigenvalue weighted by Crippen LogP contribution is -2.42. The first-order valence-electron chi connectivity index (χ1n) is 8.46. The predicted molar refractivity (Wildman–Crippen MR) is 94.2 cm³/mol. The molecule has 1 unspecified atom stereocenters. The molecule has 7 nitrogen and oxygen atoms in total. The topological polar surface area (TPSA) is 91.8 Å². The van der Waals surface area contributed by atoms with E-state index in [0.29, 0.717) is 25.0 Å². The van der Waals surface area contributed by atoms with Gasteiger partial charge >= 0.3 is 0 Å². The van der Waals surface area contributed by atoms with Crippen LogP contribution in [-0.4, -0.2) is 59.5 Å². The second-order valence-electron chi connectivity index (χ2n) is 6.26. The molecule has 3 N–H and O–H groups in total. The number of hydrogen-bond acceptors (Lipinski definition) is 4. The van der Waals surface area contributed by atoms with Gasteiger partial charge in [0.1, 0.15) is 0 Å². The third-order valence-electron chi connectivity index (χ3n) is 3.71. The van der Waals surface area contributed by atoms with Crippen molar-refractivity contribution in [1.29, 1.82) is 0 Å². The molecule has 0 aliphatic carbocycles. The van der Waals surface area contributed by atoms with Gasteiger partial charge in [0.25, 0.3) is 0 Å². The van der Waals surface area contributed by atoms with Crippen LogP contribution >= 0.6 is 0 Å². The Morgan fingerprint density at radius 3 is 2.61 bits per heavy atom. The van der Waals surface area contributed by atoms with E-state index in [1.165, 1.54) is 0 Å². The first-order valence-corrected chi connectivity index (χ1v) is 10.1. The largest absolute Gasteiger partial charge is 0.377 e. The number of sulfonamides is 1. The average Bonchev–Trinajstić information content (AvgIpc) is 2.52. The maximum atomic E-state index is 12.0. The first kappa shape index (κ1) is 20.2. The summed E-state index contributed by atoms with van der Waals surface area (Å²) in [5, 5.41) is 6.20. The van der Waals surface area contributed by atoms with Gasteiger partial charge in [-0.25, -0.2) is 13.1 Å². The van der Waals surface area contributed by atoms with Crippen LogP contribution in [-0.2, 0) is 14.8 Å². The van der Waals surface area contributed by atoms with Crippen molar-refractivity contribution in [3.8, 4) is 0 Å². The fourth-order valence-corrected chi connectivity index (χ4v) is 3.22. The van der Waals surface area contributed by atoms with Crippen LogP contribution in [0.4, 0.5) is 0 Å². The molecule has 1 heterocycles. The molecule has 8 heteroatoms. The van der Waals surface area contributed by atoms with Crippen molar-refractivity contribution >= 4 is 16.0 Å². The lowest BCUT2D eigenvalue weighted by atomic mass is 10.1. The highest BCUT2D eigenvalue weighted by atomic mass is 32.2. The Hall–Kier alpha value is -0.860. The predicted octanol–water partition coefficient (Wildman–Crippen LogP) is 0.686. The molecule has 1 saturated heterocycles. The molecule has 1 rings (SSSR count). The average molecular weight is 349 g/mol. The van der Waals surface area contributed by atoms with Crippen LogP contribution in [0.15, 0.2) is 4.99 Å². The third kappa shape index (κ3) is 9.78. The minimum atomic E-state index is -3.29. The van der Waals surface area contributed by atoms with Crippen molar-refractivity contribution in [2.24, 2.45) is 10.9 Å². The zero-order valence-corrected chi connectivity index (χ0v) is 15.4. The number of rotatable bonds is 9. The SMILES string of the molecule is CN=C(NCCC(C)C)NCCS(=O)(=O)NCC1CCCCO1. The van der Waals surface area contributed by atoms with Crippen LogP contribution in [0, 0.1) is 5.92 Å². The van der Waals surface area contributed by atoms with E-state index in [1.807, 2.05) is 0 Å². The van der Waals surface area contributed by atoms with Crippen LogP contribution in [0.2, 0.25) is 0 Å². The summed E-state index contributed by atoms with van der Waals surface area (Å²) >= 11 is 0. The summed E-state index contributed by atoms with van der Waals surface area (Å²) in [7, 11) is -1.62. The van der Waals surface area contributed by atoms with E-state index in [2.05, 4.69) is 34.2 Å². The second-order valence-corrected chi connectivity index (χ2v) is 8.19. The van der Waals surface area contributed by atoms with Crippen LogP contribution in [0.25, 0.3) is 0 Å². The third-order valence-corrected chi connectivity index (χ3v) is 5.05. The molecule has 1 atom stereocenters. The smallest absolute Gasteiger partial charge is 0.213 e. The number of hydrogen-bond donors (Lipinski definition) is 3. The maximum Gasteiger partial charge on any atom is 0.213 e. The van der Waals surface area contributed by atoms with E-state index < -0.39 is 10.0 Å². The summed E-state index contributed by atoms with van der Waals surface area (Å²) in [6.07, 6.45) is 4.15. The van der Waals surface area contributed by atoms with Gasteiger partial charge in [0, 0.05) is 33.3 Å². The monoisotopic (exact) mass is 348 g/mol. The van der Waals surface area contributed by atoms with Crippen LogP contribution < -0.4 is 15.4 Å². The van der Waals surface area contributed by atoms with Gasteiger partial charge in [0.05, 0.1) is 11.9 Å². The van der Waals surface area contributed by atoms with E-state index in [1.54, 1.807) is 7.05 Å². The summed E-state index contributed by atoms with van der Waals surface area (Å²) in [5.74, 6) is 1.27. The molecule has 0 aromatic carbocycles. The highest BCUT2D eigenvalue weighted by Crippen LogP contribution is 2.11. The molecular formula is C15H32N4O3S. The van der Waals surface area contributed by atoms with Gasteiger partial charge in [-0.3, -0.25) is 4.99 Å². The van der Waals surface area contributed by atoms with Crippen molar-refractivity contribution in [1.82, 2.24) is 15.4 Å². The Labute approximate surface area is 140 Å². The number of aliphatic imine (C=N–C) groups is 1. The summed E-state index contributed by atoms with van der Waals surface area (Å²) < 4.78 is 32.1. The molecular weight excluding hydrogens is 316 g/mol. The van der Waals surface area contributed by atoms with Gasteiger partial charge in [0.2, 0.25) is 10.0 Å². The summed E-state index contributed by atoms with van der Waals surface area (Å²) in [5.41, 5.74) is 0. The van der Waals surface area contributed by atoms with E-state index in [-0.39, 0.29) is 11.9 Å². The van der Waals surface area contributed by atoms with Crippen molar-refractivity contribution in [2.45, 2.75) is 45.6 Å². The Kier molecular flexibility index (Phi) is 9.50. The molecule has 0 aromatic heterocycles. The van der Waals surface area contributed by atoms with Gasteiger partial charge in [-0.15, -0.1) is 0 Å². The minimum absolute atomic E-state index is 0.0111. The number of nitrogens with one attached hydrogen (secondary N) is 3. The lowest BCUT2D eigenvalue weighted by molar-refractivity contribution is 0.0200. The maximum absolute atomic E-state index is 12.0. The summed E-state index contributed by atoms with van der Waals surface area (Å²) in [6, 6.07) is 0. The van der Waals surface area contributed by atoms with Crippen LogP contribution in [0.3, 0.4) is 0 Å². The Morgan fingerprint density at radius 1 is 1.26 bits per heavy atom. The highest BCUT2D eigenvalue weighted by Gasteiger charge is 2.17. The summed E-state index contributed by atoms with van der Waals surface area (Å²) in [6.45, 7) is 6.55.